The van der Waals surface area contributed by atoms with Crippen LogP contribution < -0.4 is 15.5 Å². The number of likely N-dealkylation sites (N-methyl/N-ethyl adjacent to an activating group) is 1. The summed E-state index contributed by atoms with van der Waals surface area (Å²) >= 11 is 0. The molecule has 2 fully saturated rings. The van der Waals surface area contributed by atoms with Gasteiger partial charge in [0.15, 0.2) is 5.82 Å². The number of rotatable bonds is 9. The van der Waals surface area contributed by atoms with Crippen LogP contribution in [0.25, 0.3) is 33.4 Å². The molecule has 2 aliphatic rings. The van der Waals surface area contributed by atoms with Gasteiger partial charge in [-0.3, -0.25) is 9.78 Å². The van der Waals surface area contributed by atoms with E-state index < -0.39 is 6.35 Å². The maximum Gasteiger partial charge on any atom is 0.253 e. The van der Waals surface area contributed by atoms with E-state index in [1.54, 1.807) is 48.8 Å². The molecule has 0 radical (unpaired) electrons. The number of ether oxygens (including phenoxy) is 1. The lowest BCUT2D eigenvalue weighted by Gasteiger charge is -2.29. The zero-order chi connectivity index (χ0) is 33.9. The zero-order valence-corrected chi connectivity index (χ0v) is 27.5. The molecule has 7 rings (SSSR count). The van der Waals surface area contributed by atoms with Crippen molar-refractivity contribution >= 4 is 34.0 Å². The molecule has 2 aromatic heterocycles. The number of carbonyl (C=O) groups is 1. The number of aliphatic hydroxyl groups is 1. The SMILES string of the molecule is CN(C)C1CCN(C(=O)c2ccc(NC(O)Nc3ccc(-c4nc(N5CCOCC5)c5cc(F)c(-c6cccnc6)cc5n4)cc3)cc2)C1. The highest BCUT2D eigenvalue weighted by molar-refractivity contribution is 5.95. The van der Waals surface area contributed by atoms with Gasteiger partial charge < -0.3 is 35.2 Å². The highest BCUT2D eigenvalue weighted by atomic mass is 19.1. The molecular weight excluding hydrogens is 623 g/mol. The van der Waals surface area contributed by atoms with Crippen molar-refractivity contribution < 1.29 is 19.0 Å². The molecule has 1 amide bonds. The van der Waals surface area contributed by atoms with Gasteiger partial charge in [-0.15, -0.1) is 0 Å². The topological polar surface area (TPSA) is 119 Å². The number of nitrogens with one attached hydrogen (secondary N) is 2. The Labute approximate surface area is 284 Å². The smallest absolute Gasteiger partial charge is 0.253 e. The second-order valence-corrected chi connectivity index (χ2v) is 12.6. The number of hydrogen-bond donors (Lipinski definition) is 3. The minimum absolute atomic E-state index is 0.0169. The van der Waals surface area contributed by atoms with Crippen LogP contribution in [0.1, 0.15) is 16.8 Å². The van der Waals surface area contributed by atoms with Crippen LogP contribution in [-0.4, -0.2) is 102 Å². The molecule has 0 saturated carbocycles. The monoisotopic (exact) mass is 662 g/mol. The molecule has 0 bridgehead atoms. The van der Waals surface area contributed by atoms with Crippen LogP contribution in [0, 0.1) is 5.82 Å². The summed E-state index contributed by atoms with van der Waals surface area (Å²) in [6.07, 6.45) is 3.17. The van der Waals surface area contributed by atoms with E-state index in [1.165, 1.54) is 6.07 Å². The minimum atomic E-state index is -1.09. The van der Waals surface area contributed by atoms with Crippen molar-refractivity contribution in [2.24, 2.45) is 0 Å². The van der Waals surface area contributed by atoms with E-state index in [0.29, 0.717) is 83.0 Å². The standard InChI is InChI=1S/C37H39FN8O3/c1-44(2)29-13-15-46(23-29)36(47)25-7-11-28(12-8-25)41-37(48)40-27-9-5-24(6-10-27)34-42-33-21-30(26-4-3-14-39-22-26)32(38)20-31(33)35(43-34)45-16-18-49-19-17-45/h3-12,14,20-22,29,37,40-41,48H,13,15-19,23H2,1-2H3. The van der Waals surface area contributed by atoms with Gasteiger partial charge in [0.1, 0.15) is 11.6 Å². The molecule has 2 saturated heterocycles. The van der Waals surface area contributed by atoms with Gasteiger partial charge in [0, 0.05) is 83.6 Å². The summed E-state index contributed by atoms with van der Waals surface area (Å²) in [5.41, 5.74) is 4.45. The molecule has 0 aliphatic carbocycles. The van der Waals surface area contributed by atoms with Gasteiger partial charge in [0.25, 0.3) is 5.91 Å². The van der Waals surface area contributed by atoms with Crippen molar-refractivity contribution in [3.05, 3.63) is 96.6 Å². The van der Waals surface area contributed by atoms with E-state index in [-0.39, 0.29) is 11.7 Å². The number of pyridine rings is 1. The molecule has 2 atom stereocenters. The van der Waals surface area contributed by atoms with Gasteiger partial charge in [0.2, 0.25) is 6.35 Å². The van der Waals surface area contributed by atoms with Crippen molar-refractivity contribution in [3.8, 4) is 22.5 Å². The first kappa shape index (κ1) is 32.4. The predicted octanol–water partition coefficient (Wildman–Crippen LogP) is 4.91. The number of fused-ring (bicyclic) bond motifs is 1. The first-order chi connectivity index (χ1) is 23.8. The number of anilines is 3. The lowest BCUT2D eigenvalue weighted by atomic mass is 10.0. The molecule has 11 nitrogen and oxygen atoms in total. The maximum absolute atomic E-state index is 15.4. The molecule has 5 aromatic rings. The number of aliphatic hydroxyl groups excluding tert-OH is 1. The molecule has 4 heterocycles. The average molecular weight is 663 g/mol. The third-order valence-corrected chi connectivity index (χ3v) is 9.11. The number of benzene rings is 3. The Morgan fingerprint density at radius 1 is 0.959 bits per heavy atom. The van der Waals surface area contributed by atoms with Crippen LogP contribution in [0.15, 0.2) is 85.2 Å². The van der Waals surface area contributed by atoms with E-state index in [9.17, 15) is 9.90 Å². The number of aromatic nitrogens is 3. The number of amides is 1. The van der Waals surface area contributed by atoms with Crippen molar-refractivity contribution in [1.29, 1.82) is 0 Å². The Kier molecular flexibility index (Phi) is 9.34. The largest absolute Gasteiger partial charge is 0.378 e. The summed E-state index contributed by atoms with van der Waals surface area (Å²) in [6, 6.07) is 21.8. The van der Waals surface area contributed by atoms with Gasteiger partial charge in [-0.25, -0.2) is 14.4 Å². The van der Waals surface area contributed by atoms with E-state index >= 15 is 4.39 Å². The summed E-state index contributed by atoms with van der Waals surface area (Å²) < 4.78 is 21.0. The summed E-state index contributed by atoms with van der Waals surface area (Å²) in [7, 11) is 4.08. The summed E-state index contributed by atoms with van der Waals surface area (Å²) in [5, 5.41) is 17.4. The zero-order valence-electron chi connectivity index (χ0n) is 27.5. The summed E-state index contributed by atoms with van der Waals surface area (Å²) in [5.74, 6) is 0.818. The van der Waals surface area contributed by atoms with E-state index in [4.69, 9.17) is 14.7 Å². The Morgan fingerprint density at radius 3 is 2.33 bits per heavy atom. The third-order valence-electron chi connectivity index (χ3n) is 9.11. The number of nitrogens with zero attached hydrogens (tertiary/aromatic N) is 6. The summed E-state index contributed by atoms with van der Waals surface area (Å²) in [6.45, 7) is 3.87. The lowest BCUT2D eigenvalue weighted by Crippen LogP contribution is -2.37. The number of likely N-dealkylation sites (tertiary alicyclic amines) is 1. The van der Waals surface area contributed by atoms with E-state index in [1.807, 2.05) is 49.3 Å². The van der Waals surface area contributed by atoms with E-state index in [0.717, 1.165) is 25.1 Å². The Balaban J connectivity index is 1.06. The third kappa shape index (κ3) is 7.16. The number of morpholine rings is 1. The molecular formula is C37H39FN8O3. The van der Waals surface area contributed by atoms with Crippen molar-refractivity contribution in [2.45, 2.75) is 18.8 Å². The van der Waals surface area contributed by atoms with Crippen molar-refractivity contribution in [2.75, 3.05) is 69.0 Å². The first-order valence-electron chi connectivity index (χ1n) is 16.4. The van der Waals surface area contributed by atoms with Crippen LogP contribution in [0.5, 0.6) is 0 Å². The van der Waals surface area contributed by atoms with Gasteiger partial charge >= 0.3 is 0 Å². The van der Waals surface area contributed by atoms with Crippen molar-refractivity contribution in [1.82, 2.24) is 24.8 Å². The number of carbonyl (C=O) groups excluding carboxylic acids is 1. The molecule has 49 heavy (non-hydrogen) atoms. The Morgan fingerprint density at radius 2 is 1.67 bits per heavy atom. The molecule has 2 unspecified atom stereocenters. The van der Waals surface area contributed by atoms with Crippen LogP contribution in [0.4, 0.5) is 21.6 Å². The number of hydrogen-bond acceptors (Lipinski definition) is 10. The fourth-order valence-corrected chi connectivity index (χ4v) is 6.33. The van der Waals surface area contributed by atoms with Gasteiger partial charge in [-0.1, -0.05) is 6.07 Å². The lowest BCUT2D eigenvalue weighted by molar-refractivity contribution is 0.0783. The molecule has 0 spiro atoms. The highest BCUT2D eigenvalue weighted by Gasteiger charge is 2.28. The van der Waals surface area contributed by atoms with Crippen LogP contribution >= 0.6 is 0 Å². The fraction of sp³-hybridized carbons (Fsp3) is 0.297. The fourth-order valence-electron chi connectivity index (χ4n) is 6.33. The van der Waals surface area contributed by atoms with Crippen LogP contribution in [0.3, 0.4) is 0 Å². The number of halogens is 1. The van der Waals surface area contributed by atoms with Crippen LogP contribution in [-0.2, 0) is 4.74 Å². The molecule has 3 aromatic carbocycles. The Bertz CT molecular complexity index is 1920. The van der Waals surface area contributed by atoms with Gasteiger partial charge in [-0.05, 0) is 87.2 Å². The maximum atomic E-state index is 15.4. The second kappa shape index (κ2) is 14.1. The highest BCUT2D eigenvalue weighted by Crippen LogP contribution is 2.33. The summed E-state index contributed by atoms with van der Waals surface area (Å²) in [4.78, 5) is 33.0. The minimum Gasteiger partial charge on any atom is -0.378 e. The molecule has 252 valence electrons. The molecule has 2 aliphatic heterocycles. The molecule has 12 heteroatoms. The van der Waals surface area contributed by atoms with Crippen molar-refractivity contribution in [3.63, 3.8) is 0 Å². The molecule has 3 N–H and O–H groups in total. The van der Waals surface area contributed by atoms with E-state index in [2.05, 4.69) is 25.4 Å². The van der Waals surface area contributed by atoms with Crippen LogP contribution in [0.2, 0.25) is 0 Å². The van der Waals surface area contributed by atoms with Gasteiger partial charge in [-0.2, -0.15) is 0 Å². The first-order valence-corrected chi connectivity index (χ1v) is 16.4. The Hall–Kier alpha value is -5.17. The predicted molar refractivity (Wildman–Crippen MR) is 189 cm³/mol. The average Bonchev–Trinajstić information content (AvgIpc) is 3.63. The normalized spacial score (nSPS) is 17.0. The van der Waals surface area contributed by atoms with Gasteiger partial charge in [0.05, 0.1) is 18.7 Å². The quantitative estimate of drug-likeness (QED) is 0.188. The second-order valence-electron chi connectivity index (χ2n) is 12.6.